The minimum atomic E-state index is -1.01. The second-order valence-corrected chi connectivity index (χ2v) is 5.52. The number of nitrogens with two attached hydrogens (primary N) is 1. The number of amides is 1. The number of aromatic carboxylic acids is 1. The van der Waals surface area contributed by atoms with Crippen LogP contribution in [0.1, 0.15) is 33.2 Å². The number of nitrogens with one attached hydrogen (secondary N) is 1. The number of benzene rings is 2. The first-order valence-electron chi connectivity index (χ1n) is 7.40. The molecule has 126 valence electrons. The van der Waals surface area contributed by atoms with Crippen molar-refractivity contribution < 1.29 is 19.8 Å². The van der Waals surface area contributed by atoms with Crippen molar-refractivity contribution >= 4 is 34.2 Å². The lowest BCUT2D eigenvalue weighted by molar-refractivity contribution is 0.0696. The Bertz CT molecular complexity index is 1020. The molecule has 0 saturated carbocycles. The van der Waals surface area contributed by atoms with E-state index in [-0.39, 0.29) is 11.4 Å². The summed E-state index contributed by atoms with van der Waals surface area (Å²) in [6, 6.07) is 10.9. The minimum absolute atomic E-state index is 0.0694. The van der Waals surface area contributed by atoms with Crippen LogP contribution >= 0.6 is 0 Å². The lowest BCUT2D eigenvalue weighted by Gasteiger charge is -2.02. The van der Waals surface area contributed by atoms with Gasteiger partial charge in [-0.1, -0.05) is 6.07 Å². The van der Waals surface area contributed by atoms with Crippen molar-refractivity contribution in [1.82, 2.24) is 4.98 Å². The Morgan fingerprint density at radius 1 is 1.08 bits per heavy atom. The molecular weight excluding hydrogens is 322 g/mol. The van der Waals surface area contributed by atoms with Gasteiger partial charge in [-0.15, -0.1) is 0 Å². The fourth-order valence-electron chi connectivity index (χ4n) is 2.63. The van der Waals surface area contributed by atoms with E-state index in [1.807, 2.05) is 0 Å². The first-order valence-corrected chi connectivity index (χ1v) is 7.40. The van der Waals surface area contributed by atoms with Crippen LogP contribution in [0.5, 0.6) is 5.88 Å². The molecule has 5 N–H and O–H groups in total. The van der Waals surface area contributed by atoms with E-state index in [1.54, 1.807) is 37.3 Å². The highest BCUT2D eigenvalue weighted by Gasteiger charge is 2.15. The molecule has 0 aliphatic carbocycles. The van der Waals surface area contributed by atoms with Gasteiger partial charge in [0.25, 0.3) is 0 Å². The van der Waals surface area contributed by atoms with Gasteiger partial charge in [0.05, 0.1) is 22.5 Å². The zero-order chi connectivity index (χ0) is 18.1. The molecule has 3 aromatic rings. The topological polar surface area (TPSA) is 129 Å². The molecule has 0 unspecified atom stereocenters. The average molecular weight is 337 g/mol. The van der Waals surface area contributed by atoms with Crippen molar-refractivity contribution in [2.45, 2.75) is 6.92 Å². The summed E-state index contributed by atoms with van der Waals surface area (Å²) in [5.74, 6) is -1.63. The molecule has 2 aromatic carbocycles. The highest BCUT2D eigenvalue weighted by atomic mass is 16.4. The number of fused-ring (bicyclic) bond motifs is 1. The lowest BCUT2D eigenvalue weighted by Crippen LogP contribution is -2.10. The smallest absolute Gasteiger partial charge is 0.335 e. The molecule has 0 atom stereocenters. The van der Waals surface area contributed by atoms with E-state index < -0.39 is 11.9 Å². The molecule has 0 bridgehead atoms. The van der Waals surface area contributed by atoms with Crippen LogP contribution in [0.3, 0.4) is 0 Å². The molecule has 0 saturated heterocycles. The number of rotatable bonds is 4. The third-order valence-electron chi connectivity index (χ3n) is 3.84. The number of H-pyrrole nitrogens is 1. The van der Waals surface area contributed by atoms with Crippen LogP contribution in [-0.4, -0.2) is 32.8 Å². The molecule has 3 rings (SSSR count). The molecule has 0 aliphatic rings. The molecule has 1 heterocycles. The van der Waals surface area contributed by atoms with Gasteiger partial charge in [-0.3, -0.25) is 9.79 Å². The Morgan fingerprint density at radius 3 is 2.32 bits per heavy atom. The van der Waals surface area contributed by atoms with Gasteiger partial charge in [0.15, 0.2) is 5.88 Å². The van der Waals surface area contributed by atoms with Crippen LogP contribution in [0, 0.1) is 0 Å². The van der Waals surface area contributed by atoms with Crippen LogP contribution < -0.4 is 5.73 Å². The Kier molecular flexibility index (Phi) is 3.98. The predicted molar refractivity (Wildman–Crippen MR) is 93.8 cm³/mol. The molecule has 0 radical (unpaired) electrons. The highest BCUT2D eigenvalue weighted by Crippen LogP contribution is 2.29. The monoisotopic (exact) mass is 337 g/mol. The maximum Gasteiger partial charge on any atom is 0.335 e. The fourth-order valence-corrected chi connectivity index (χ4v) is 2.63. The molecule has 0 spiro atoms. The number of hydrogen-bond donors (Lipinski definition) is 4. The Hall–Kier alpha value is -3.61. The summed E-state index contributed by atoms with van der Waals surface area (Å²) in [6.45, 7) is 1.73. The van der Waals surface area contributed by atoms with Crippen molar-refractivity contribution in [3.05, 3.63) is 59.2 Å². The summed E-state index contributed by atoms with van der Waals surface area (Å²) in [7, 11) is 0. The summed E-state index contributed by atoms with van der Waals surface area (Å²) in [4.78, 5) is 29.4. The van der Waals surface area contributed by atoms with E-state index in [0.29, 0.717) is 33.4 Å². The number of aromatic nitrogens is 1. The molecule has 7 heteroatoms. The van der Waals surface area contributed by atoms with Gasteiger partial charge >= 0.3 is 5.97 Å². The first-order chi connectivity index (χ1) is 11.9. The highest BCUT2D eigenvalue weighted by molar-refractivity contribution is 6.13. The van der Waals surface area contributed by atoms with Gasteiger partial charge in [0.2, 0.25) is 5.91 Å². The third-order valence-corrected chi connectivity index (χ3v) is 3.84. The minimum Gasteiger partial charge on any atom is -0.494 e. The number of carbonyl (C=O) groups is 2. The van der Waals surface area contributed by atoms with Gasteiger partial charge in [-0.05, 0) is 43.3 Å². The standard InChI is InChI=1S/C18H15N3O4/c1-9(20-12-5-2-10(3-6-12)18(24)25)15-13-7-4-11(16(19)22)8-14(13)21-17(15)23/h2-8,21,23H,1H3,(H2,19,22)(H,24,25). The van der Waals surface area contributed by atoms with Gasteiger partial charge in [0, 0.05) is 16.5 Å². The second kappa shape index (κ2) is 6.12. The third kappa shape index (κ3) is 3.07. The molecule has 0 aliphatic heterocycles. The maximum absolute atomic E-state index is 11.3. The number of carbonyl (C=O) groups excluding carboxylic acids is 1. The van der Waals surface area contributed by atoms with Crippen LogP contribution in [0.4, 0.5) is 5.69 Å². The Labute approximate surface area is 142 Å². The number of hydrogen-bond acceptors (Lipinski definition) is 4. The van der Waals surface area contributed by atoms with E-state index >= 15 is 0 Å². The Balaban J connectivity index is 2.04. The van der Waals surface area contributed by atoms with Gasteiger partial charge in [0.1, 0.15) is 0 Å². The van der Waals surface area contributed by atoms with Gasteiger partial charge in [-0.25, -0.2) is 4.79 Å². The van der Waals surface area contributed by atoms with Crippen molar-refractivity contribution in [2.75, 3.05) is 0 Å². The van der Waals surface area contributed by atoms with Crippen LogP contribution in [0.15, 0.2) is 47.5 Å². The number of aromatic hydroxyl groups is 1. The molecule has 0 fully saturated rings. The number of primary amides is 1. The SMILES string of the molecule is CC(=Nc1ccc(C(=O)O)cc1)c1c(O)[nH]c2cc(C(N)=O)ccc12. The largest absolute Gasteiger partial charge is 0.494 e. The number of carboxylic acid groups (broad SMARTS) is 1. The van der Waals surface area contributed by atoms with E-state index in [4.69, 9.17) is 10.8 Å². The van der Waals surface area contributed by atoms with E-state index in [0.717, 1.165) is 0 Å². The number of aromatic amines is 1. The second-order valence-electron chi connectivity index (χ2n) is 5.52. The molecule has 1 amide bonds. The van der Waals surface area contributed by atoms with E-state index in [9.17, 15) is 14.7 Å². The van der Waals surface area contributed by atoms with E-state index in [1.165, 1.54) is 12.1 Å². The summed E-state index contributed by atoms with van der Waals surface area (Å²) in [5, 5.41) is 19.8. The number of nitrogens with zero attached hydrogens (tertiary/aromatic N) is 1. The predicted octanol–water partition coefficient (Wildman–Crippen LogP) is 2.81. The summed E-state index contributed by atoms with van der Waals surface area (Å²) >= 11 is 0. The summed E-state index contributed by atoms with van der Waals surface area (Å²) in [6.07, 6.45) is 0. The molecule has 7 nitrogen and oxygen atoms in total. The van der Waals surface area contributed by atoms with Crippen molar-refractivity contribution in [3.8, 4) is 5.88 Å². The average Bonchev–Trinajstić information content (AvgIpc) is 2.90. The maximum atomic E-state index is 11.3. The molecule has 1 aromatic heterocycles. The van der Waals surface area contributed by atoms with Crippen molar-refractivity contribution in [2.24, 2.45) is 10.7 Å². The van der Waals surface area contributed by atoms with Crippen LogP contribution in [-0.2, 0) is 0 Å². The van der Waals surface area contributed by atoms with Crippen LogP contribution in [0.25, 0.3) is 10.9 Å². The first kappa shape index (κ1) is 16.3. The number of aliphatic imine (C=N–C) groups is 1. The molecule has 25 heavy (non-hydrogen) atoms. The Morgan fingerprint density at radius 2 is 1.72 bits per heavy atom. The fraction of sp³-hybridized carbons (Fsp3) is 0.0556. The van der Waals surface area contributed by atoms with Gasteiger partial charge in [-0.2, -0.15) is 0 Å². The normalized spacial score (nSPS) is 11.6. The number of carboxylic acids is 1. The van der Waals surface area contributed by atoms with Gasteiger partial charge < -0.3 is 20.9 Å². The lowest BCUT2D eigenvalue weighted by atomic mass is 10.1. The molecular formula is C18H15N3O4. The summed E-state index contributed by atoms with van der Waals surface area (Å²) < 4.78 is 0. The zero-order valence-corrected chi connectivity index (χ0v) is 13.3. The van der Waals surface area contributed by atoms with E-state index in [2.05, 4.69) is 9.98 Å². The zero-order valence-electron chi connectivity index (χ0n) is 13.3. The summed E-state index contributed by atoms with van der Waals surface area (Å²) in [5.41, 5.74) is 7.95. The van der Waals surface area contributed by atoms with Crippen LogP contribution in [0.2, 0.25) is 0 Å². The van der Waals surface area contributed by atoms with Crippen molar-refractivity contribution in [3.63, 3.8) is 0 Å². The van der Waals surface area contributed by atoms with Crippen molar-refractivity contribution in [1.29, 1.82) is 0 Å². The quantitative estimate of drug-likeness (QED) is 0.545.